The van der Waals surface area contributed by atoms with Crippen molar-refractivity contribution in [2.45, 2.75) is 57.0 Å². The van der Waals surface area contributed by atoms with E-state index in [2.05, 4.69) is 20.4 Å². The zero-order valence-corrected chi connectivity index (χ0v) is 14.9. The molecule has 0 bridgehead atoms. The molecule has 1 aliphatic heterocycles. The zero-order chi connectivity index (χ0) is 19.4. The van der Waals surface area contributed by atoms with Gasteiger partial charge in [0.05, 0.1) is 29.2 Å². The first-order valence-electron chi connectivity index (χ1n) is 8.76. The van der Waals surface area contributed by atoms with E-state index in [0.29, 0.717) is 37.3 Å². The van der Waals surface area contributed by atoms with E-state index in [4.69, 9.17) is 4.74 Å². The van der Waals surface area contributed by atoms with Crippen molar-refractivity contribution < 1.29 is 23.0 Å². The Morgan fingerprint density at radius 3 is 2.70 bits per heavy atom. The highest BCUT2D eigenvalue weighted by molar-refractivity contribution is 5.55. The van der Waals surface area contributed by atoms with Gasteiger partial charge in [-0.2, -0.15) is 18.3 Å². The summed E-state index contributed by atoms with van der Waals surface area (Å²) in [6.45, 7) is 4.02. The van der Waals surface area contributed by atoms with Crippen LogP contribution in [0.5, 0.6) is 0 Å². The number of hydrogen-bond donors (Lipinski definition) is 2. The minimum Gasteiger partial charge on any atom is -0.366 e. The maximum Gasteiger partial charge on any atom is 0.419 e. The summed E-state index contributed by atoms with van der Waals surface area (Å²) >= 11 is 0. The number of hydrogen-bond acceptors (Lipinski definition) is 6. The van der Waals surface area contributed by atoms with E-state index in [0.717, 1.165) is 6.20 Å². The van der Waals surface area contributed by atoms with Crippen LogP contribution in [0, 0.1) is 6.92 Å². The minimum absolute atomic E-state index is 0.0385. The van der Waals surface area contributed by atoms with Gasteiger partial charge in [0, 0.05) is 24.7 Å². The monoisotopic (exact) mass is 383 g/mol. The summed E-state index contributed by atoms with van der Waals surface area (Å²) in [6.07, 6.45) is -0.932. The molecule has 4 rings (SSSR count). The summed E-state index contributed by atoms with van der Waals surface area (Å²) in [6, 6.07) is 0. The van der Waals surface area contributed by atoms with Crippen LogP contribution in [0.2, 0.25) is 0 Å². The number of aryl methyl sites for hydroxylation is 1. The molecule has 2 aromatic heterocycles. The van der Waals surface area contributed by atoms with Crippen molar-refractivity contribution in [3.8, 4) is 0 Å². The quantitative estimate of drug-likeness (QED) is 0.844. The van der Waals surface area contributed by atoms with Gasteiger partial charge in [-0.25, -0.2) is 9.97 Å². The first-order chi connectivity index (χ1) is 12.7. The maximum atomic E-state index is 13.2. The normalized spacial score (nSPS) is 25.8. The molecule has 1 saturated carbocycles. The maximum absolute atomic E-state index is 13.2. The molecule has 0 spiro atoms. The summed E-state index contributed by atoms with van der Waals surface area (Å²) in [5, 5.41) is 17.4. The van der Waals surface area contributed by atoms with Crippen molar-refractivity contribution in [2.75, 3.05) is 11.9 Å². The average molecular weight is 383 g/mol. The average Bonchev–Trinajstić information content (AvgIpc) is 3.30. The predicted molar refractivity (Wildman–Crippen MR) is 89.5 cm³/mol. The zero-order valence-electron chi connectivity index (χ0n) is 14.9. The highest BCUT2D eigenvalue weighted by Crippen LogP contribution is 2.45. The van der Waals surface area contributed by atoms with E-state index >= 15 is 0 Å². The van der Waals surface area contributed by atoms with Crippen LogP contribution in [-0.2, 0) is 16.5 Å². The van der Waals surface area contributed by atoms with E-state index in [1.54, 1.807) is 17.8 Å². The van der Waals surface area contributed by atoms with Gasteiger partial charge in [0.1, 0.15) is 5.54 Å². The van der Waals surface area contributed by atoms with Crippen LogP contribution in [0.1, 0.15) is 49.1 Å². The Bertz CT molecular complexity index is 865. The number of ether oxygens (including phenoxy) is 1. The summed E-state index contributed by atoms with van der Waals surface area (Å²) < 4.78 is 46.3. The molecule has 0 aromatic carbocycles. The number of nitrogens with zero attached hydrogens (tertiary/aromatic N) is 4. The van der Waals surface area contributed by atoms with Gasteiger partial charge in [0.15, 0.2) is 6.29 Å². The van der Waals surface area contributed by atoms with Gasteiger partial charge in [-0.15, -0.1) is 0 Å². The summed E-state index contributed by atoms with van der Waals surface area (Å²) in [5.74, 6) is -0.0698. The smallest absolute Gasteiger partial charge is 0.366 e. The molecule has 0 amide bonds. The number of nitrogens with one attached hydrogen (secondary N) is 1. The molecule has 10 heteroatoms. The molecule has 0 radical (unpaired) electrons. The number of aliphatic hydroxyl groups is 1. The van der Waals surface area contributed by atoms with Crippen LogP contribution in [0.15, 0.2) is 12.4 Å². The Labute approximate surface area is 153 Å². The van der Waals surface area contributed by atoms with Gasteiger partial charge < -0.3 is 15.2 Å². The van der Waals surface area contributed by atoms with E-state index in [9.17, 15) is 18.3 Å². The molecule has 146 valence electrons. The Hall–Kier alpha value is -2.20. The van der Waals surface area contributed by atoms with Crippen molar-refractivity contribution in [3.05, 3.63) is 29.3 Å². The second-order valence-corrected chi connectivity index (χ2v) is 7.29. The molecule has 2 N–H and O–H groups in total. The molecule has 2 aromatic rings. The van der Waals surface area contributed by atoms with Crippen molar-refractivity contribution in [1.82, 2.24) is 19.7 Å². The molecule has 27 heavy (non-hydrogen) atoms. The molecule has 1 saturated heterocycles. The molecule has 2 atom stereocenters. The number of aromatic nitrogens is 4. The lowest BCUT2D eigenvalue weighted by atomic mass is 10.0. The van der Waals surface area contributed by atoms with Crippen molar-refractivity contribution >= 4 is 11.6 Å². The van der Waals surface area contributed by atoms with Crippen molar-refractivity contribution in [3.63, 3.8) is 0 Å². The van der Waals surface area contributed by atoms with Gasteiger partial charge in [-0.1, -0.05) is 0 Å². The van der Waals surface area contributed by atoms with Gasteiger partial charge in [-0.05, 0) is 26.7 Å². The number of rotatable bonds is 4. The van der Waals surface area contributed by atoms with Gasteiger partial charge in [0.25, 0.3) is 0 Å². The third-order valence-corrected chi connectivity index (χ3v) is 5.17. The second-order valence-electron chi connectivity index (χ2n) is 7.29. The van der Waals surface area contributed by atoms with Crippen LogP contribution >= 0.6 is 0 Å². The number of anilines is 2. The molecular formula is C17H20F3N5O2. The highest BCUT2D eigenvalue weighted by atomic mass is 19.4. The Morgan fingerprint density at radius 1 is 1.37 bits per heavy atom. The summed E-state index contributed by atoms with van der Waals surface area (Å²) in [7, 11) is 0. The summed E-state index contributed by atoms with van der Waals surface area (Å²) in [4.78, 5) is 7.96. The van der Waals surface area contributed by atoms with Gasteiger partial charge in [-0.3, -0.25) is 4.68 Å². The van der Waals surface area contributed by atoms with E-state index in [-0.39, 0.29) is 17.6 Å². The highest BCUT2D eigenvalue weighted by Gasteiger charge is 2.42. The Morgan fingerprint density at radius 2 is 2.11 bits per heavy atom. The van der Waals surface area contributed by atoms with Crippen molar-refractivity contribution in [2.24, 2.45) is 0 Å². The molecule has 2 fully saturated rings. The van der Waals surface area contributed by atoms with Crippen LogP contribution < -0.4 is 5.32 Å². The van der Waals surface area contributed by atoms with Crippen molar-refractivity contribution in [1.29, 1.82) is 0 Å². The van der Waals surface area contributed by atoms with Crippen LogP contribution in [0.4, 0.5) is 24.8 Å². The number of alkyl halides is 3. The number of halogens is 3. The molecule has 2 aliphatic rings. The van der Waals surface area contributed by atoms with E-state index in [1.165, 1.54) is 0 Å². The molecule has 7 nitrogen and oxygen atoms in total. The first-order valence-corrected chi connectivity index (χ1v) is 8.76. The Kier molecular flexibility index (Phi) is 4.15. The van der Waals surface area contributed by atoms with Crippen LogP contribution in [0.25, 0.3) is 0 Å². The second kappa shape index (κ2) is 6.16. The predicted octanol–water partition coefficient (Wildman–Crippen LogP) is 3.08. The molecule has 1 aliphatic carbocycles. The lowest BCUT2D eigenvalue weighted by Gasteiger charge is -2.26. The fraction of sp³-hybridized carbons (Fsp3) is 0.588. The molecular weight excluding hydrogens is 363 g/mol. The first kappa shape index (κ1) is 18.2. The van der Waals surface area contributed by atoms with E-state index < -0.39 is 23.6 Å². The largest absolute Gasteiger partial charge is 0.419 e. The van der Waals surface area contributed by atoms with Crippen LogP contribution in [-0.4, -0.2) is 37.8 Å². The number of aliphatic hydroxyl groups excluding tert-OH is 1. The Balaban J connectivity index is 1.62. The third-order valence-electron chi connectivity index (χ3n) is 5.17. The third kappa shape index (κ3) is 3.27. The van der Waals surface area contributed by atoms with E-state index in [1.807, 2.05) is 6.92 Å². The molecule has 2 unspecified atom stereocenters. The van der Waals surface area contributed by atoms with Gasteiger partial charge in [0.2, 0.25) is 5.95 Å². The van der Waals surface area contributed by atoms with Crippen LogP contribution in [0.3, 0.4) is 0 Å². The lowest BCUT2D eigenvalue weighted by Crippen LogP contribution is -2.38. The fourth-order valence-electron chi connectivity index (χ4n) is 3.21. The topological polar surface area (TPSA) is 85.1 Å². The standard InChI is InChI=1S/C17H20F3N5O2/c1-9-12(8-25(24-9)16(2)5-6-27-14(16)26)22-15-21-7-11(17(18,19)20)13(23-15)10-3-4-10/h7-8,10,14,26H,3-6H2,1-2H3,(H,21,22,23). The fourth-order valence-corrected chi connectivity index (χ4v) is 3.21. The summed E-state index contributed by atoms with van der Waals surface area (Å²) in [5.41, 5.74) is -0.257. The minimum atomic E-state index is -4.47. The van der Waals surface area contributed by atoms with Gasteiger partial charge >= 0.3 is 6.18 Å². The molecule has 3 heterocycles. The SMILES string of the molecule is Cc1nn(C2(C)CCOC2O)cc1Nc1ncc(C(F)(F)F)c(C2CC2)n1. The lowest BCUT2D eigenvalue weighted by molar-refractivity contribution is -0.138.